The third-order valence-electron chi connectivity index (χ3n) is 7.37. The molecule has 3 aliphatic carbocycles. The summed E-state index contributed by atoms with van der Waals surface area (Å²) in [5.41, 5.74) is 2.31. The van der Waals surface area contributed by atoms with Crippen molar-refractivity contribution in [2.45, 2.75) is 49.1 Å². The van der Waals surface area contributed by atoms with Gasteiger partial charge < -0.3 is 20.1 Å². The lowest BCUT2D eigenvalue weighted by atomic mass is 9.75. The van der Waals surface area contributed by atoms with E-state index in [1.54, 1.807) is 0 Å². The van der Waals surface area contributed by atoms with Gasteiger partial charge in [0, 0.05) is 13.0 Å². The number of nitrogens with zero attached hydrogens (tertiary/aromatic N) is 1. The second-order valence-corrected chi connectivity index (χ2v) is 9.09. The third-order valence-corrected chi connectivity index (χ3v) is 7.37. The molecule has 2 fully saturated rings. The Kier molecular flexibility index (Phi) is 4.73. The lowest BCUT2D eigenvalue weighted by molar-refractivity contribution is -0.155. The highest BCUT2D eigenvalue weighted by molar-refractivity contribution is 5.96. The van der Waals surface area contributed by atoms with Crippen LogP contribution in [0.15, 0.2) is 48.5 Å². The fourth-order valence-electron chi connectivity index (χ4n) is 5.08. The van der Waals surface area contributed by atoms with E-state index in [1.165, 1.54) is 11.9 Å². The maximum Gasteiger partial charge on any atom is 0.408 e. The van der Waals surface area contributed by atoms with Crippen LogP contribution in [0.2, 0.25) is 0 Å². The van der Waals surface area contributed by atoms with E-state index in [0.717, 1.165) is 28.7 Å². The number of carboxylic acid groups (broad SMARTS) is 1. The molecule has 0 bridgehead atoms. The van der Waals surface area contributed by atoms with E-state index in [-0.39, 0.29) is 18.4 Å². The summed E-state index contributed by atoms with van der Waals surface area (Å²) in [6.07, 6.45) is 1.99. The minimum atomic E-state index is -1.14. The monoisotopic (exact) mass is 434 g/mol. The molecule has 166 valence electrons. The Morgan fingerprint density at radius 1 is 1.00 bits per heavy atom. The number of likely N-dealkylation sites (N-methyl/N-ethyl adjacent to an activating group) is 1. The van der Waals surface area contributed by atoms with Crippen LogP contribution in [0, 0.1) is 0 Å². The molecule has 32 heavy (non-hydrogen) atoms. The second-order valence-electron chi connectivity index (χ2n) is 9.09. The van der Waals surface area contributed by atoms with Gasteiger partial charge >= 0.3 is 12.1 Å². The van der Waals surface area contributed by atoms with Crippen LogP contribution in [0.25, 0.3) is 11.1 Å². The van der Waals surface area contributed by atoms with Crippen molar-refractivity contribution >= 4 is 18.0 Å². The van der Waals surface area contributed by atoms with Gasteiger partial charge in [0.1, 0.15) is 17.7 Å². The quantitative estimate of drug-likeness (QED) is 0.725. The molecule has 2 aromatic carbocycles. The number of nitrogens with one attached hydrogen (secondary N) is 1. The predicted molar refractivity (Wildman–Crippen MR) is 117 cm³/mol. The summed E-state index contributed by atoms with van der Waals surface area (Å²) in [6.45, 7) is 0.166. The Morgan fingerprint density at radius 2 is 1.56 bits per heavy atom. The fourth-order valence-corrected chi connectivity index (χ4v) is 5.08. The number of amides is 2. The summed E-state index contributed by atoms with van der Waals surface area (Å²) in [7, 11) is 1.52. The van der Waals surface area contributed by atoms with Gasteiger partial charge in [0.05, 0.1) is 0 Å². The molecular weight excluding hydrogens is 408 g/mol. The number of benzene rings is 2. The van der Waals surface area contributed by atoms with Crippen LogP contribution in [0.5, 0.6) is 0 Å². The summed E-state index contributed by atoms with van der Waals surface area (Å²) in [4.78, 5) is 38.8. The Hall–Kier alpha value is -3.35. The number of hydrogen-bond acceptors (Lipinski definition) is 4. The van der Waals surface area contributed by atoms with Gasteiger partial charge in [0.2, 0.25) is 5.91 Å². The van der Waals surface area contributed by atoms with E-state index in [0.29, 0.717) is 25.7 Å². The van der Waals surface area contributed by atoms with Crippen LogP contribution in [0.4, 0.5) is 4.79 Å². The van der Waals surface area contributed by atoms with Crippen LogP contribution < -0.4 is 5.32 Å². The van der Waals surface area contributed by atoms with Crippen molar-refractivity contribution in [3.8, 4) is 11.1 Å². The highest BCUT2D eigenvalue weighted by atomic mass is 16.5. The molecule has 7 nitrogen and oxygen atoms in total. The van der Waals surface area contributed by atoms with Crippen molar-refractivity contribution in [3.63, 3.8) is 0 Å². The van der Waals surface area contributed by atoms with Gasteiger partial charge in [0.15, 0.2) is 0 Å². The van der Waals surface area contributed by atoms with Crippen LogP contribution in [-0.2, 0) is 14.3 Å². The molecular formula is C25H26N2O5. The molecule has 5 rings (SSSR count). The van der Waals surface area contributed by atoms with E-state index in [9.17, 15) is 19.5 Å². The number of rotatable bonds is 6. The molecule has 0 spiro atoms. The maximum absolute atomic E-state index is 13.2. The Labute approximate surface area is 186 Å². The molecule has 0 saturated heterocycles. The van der Waals surface area contributed by atoms with Gasteiger partial charge in [-0.15, -0.1) is 0 Å². The van der Waals surface area contributed by atoms with Crippen LogP contribution in [0.3, 0.4) is 0 Å². The molecule has 3 aliphatic rings. The van der Waals surface area contributed by atoms with E-state index < -0.39 is 23.1 Å². The first-order valence-corrected chi connectivity index (χ1v) is 11.0. The van der Waals surface area contributed by atoms with Crippen molar-refractivity contribution in [1.82, 2.24) is 10.2 Å². The van der Waals surface area contributed by atoms with Crippen molar-refractivity contribution in [2.24, 2.45) is 0 Å². The minimum absolute atomic E-state index is 0.0643. The molecule has 0 heterocycles. The normalized spacial score (nSPS) is 19.2. The number of ether oxygens (including phenoxy) is 1. The largest absolute Gasteiger partial charge is 0.479 e. The van der Waals surface area contributed by atoms with Gasteiger partial charge in [-0.25, -0.2) is 9.59 Å². The fraction of sp³-hybridized carbons (Fsp3) is 0.400. The smallest absolute Gasteiger partial charge is 0.408 e. The molecule has 7 heteroatoms. The maximum atomic E-state index is 13.2. The number of carboxylic acids is 1. The first-order valence-electron chi connectivity index (χ1n) is 11.0. The molecule has 0 aliphatic heterocycles. The van der Waals surface area contributed by atoms with Crippen molar-refractivity contribution < 1.29 is 24.2 Å². The van der Waals surface area contributed by atoms with Gasteiger partial charge in [-0.05, 0) is 54.4 Å². The van der Waals surface area contributed by atoms with E-state index in [4.69, 9.17) is 4.74 Å². The van der Waals surface area contributed by atoms with E-state index in [2.05, 4.69) is 17.4 Å². The zero-order valence-corrected chi connectivity index (χ0v) is 18.0. The number of carbonyl (C=O) groups is 3. The average Bonchev–Trinajstić information content (AvgIpc) is 3.53. The topological polar surface area (TPSA) is 95.9 Å². The summed E-state index contributed by atoms with van der Waals surface area (Å²) >= 11 is 0. The van der Waals surface area contributed by atoms with Crippen molar-refractivity contribution in [3.05, 3.63) is 59.7 Å². The predicted octanol–water partition coefficient (Wildman–Crippen LogP) is 3.52. The molecule has 2 aromatic rings. The highest BCUT2D eigenvalue weighted by Crippen LogP contribution is 2.46. The van der Waals surface area contributed by atoms with E-state index >= 15 is 0 Å². The van der Waals surface area contributed by atoms with Crippen molar-refractivity contribution in [1.29, 1.82) is 0 Å². The summed E-state index contributed by atoms with van der Waals surface area (Å²) < 4.78 is 5.61. The third kappa shape index (κ3) is 3.06. The Balaban J connectivity index is 1.28. The number of hydrogen-bond donors (Lipinski definition) is 2. The Bertz CT molecular complexity index is 1060. The van der Waals surface area contributed by atoms with E-state index in [1.807, 2.05) is 36.4 Å². The lowest BCUT2D eigenvalue weighted by Gasteiger charge is -2.44. The SMILES string of the molecule is CN(C(=O)C1(NC(=O)OCC2c3ccccc3-c3ccccc32)CCC1)C1(C(=O)O)CC1. The number of carbonyl (C=O) groups excluding carboxylic acids is 2. The summed E-state index contributed by atoms with van der Waals surface area (Å²) in [6, 6.07) is 16.2. The first kappa shape index (κ1) is 20.5. The lowest BCUT2D eigenvalue weighted by Crippen LogP contribution is -2.65. The number of aliphatic carboxylic acids is 1. The van der Waals surface area contributed by atoms with Crippen LogP contribution >= 0.6 is 0 Å². The number of fused-ring (bicyclic) bond motifs is 3. The van der Waals surface area contributed by atoms with Gasteiger partial charge in [-0.2, -0.15) is 0 Å². The molecule has 0 radical (unpaired) electrons. The zero-order valence-electron chi connectivity index (χ0n) is 18.0. The molecule has 0 unspecified atom stereocenters. The zero-order chi connectivity index (χ0) is 22.5. The van der Waals surface area contributed by atoms with Crippen LogP contribution in [0.1, 0.15) is 49.1 Å². The van der Waals surface area contributed by atoms with Crippen LogP contribution in [-0.4, -0.2) is 52.7 Å². The second kappa shape index (κ2) is 7.36. The summed E-state index contributed by atoms with van der Waals surface area (Å²) in [5.74, 6) is -1.41. The molecule has 0 aromatic heterocycles. The molecule has 0 atom stereocenters. The molecule has 2 N–H and O–H groups in total. The summed E-state index contributed by atoms with van der Waals surface area (Å²) in [5, 5.41) is 12.3. The van der Waals surface area contributed by atoms with Gasteiger partial charge in [-0.1, -0.05) is 48.5 Å². The van der Waals surface area contributed by atoms with Gasteiger partial charge in [-0.3, -0.25) is 4.79 Å². The van der Waals surface area contributed by atoms with Gasteiger partial charge in [0.25, 0.3) is 0 Å². The number of alkyl carbamates (subject to hydrolysis) is 1. The highest BCUT2D eigenvalue weighted by Gasteiger charge is 2.59. The molecule has 2 amide bonds. The Morgan fingerprint density at radius 3 is 2.03 bits per heavy atom. The first-order chi connectivity index (χ1) is 15.4. The minimum Gasteiger partial charge on any atom is -0.479 e. The average molecular weight is 434 g/mol. The molecule has 2 saturated carbocycles. The van der Waals surface area contributed by atoms with Crippen molar-refractivity contribution in [2.75, 3.05) is 13.7 Å². The standard InChI is InChI=1S/C25H26N2O5/c1-27(25(13-14-25)22(29)30)21(28)24(11-6-12-24)26-23(31)32-15-20-18-9-4-2-7-16(18)17-8-3-5-10-19(17)20/h2-5,7-10,20H,6,11-15H2,1H3,(H,26,31)(H,29,30).